The van der Waals surface area contributed by atoms with E-state index in [2.05, 4.69) is 20.1 Å². The quantitative estimate of drug-likeness (QED) is 0.599. The number of hydrogen-bond acceptors (Lipinski definition) is 6. The number of amides is 1. The molecule has 2 unspecified atom stereocenters. The van der Waals surface area contributed by atoms with Crippen LogP contribution in [0.25, 0.3) is 16.6 Å². The Labute approximate surface area is 183 Å². The molecule has 3 aromatic rings. The van der Waals surface area contributed by atoms with E-state index in [4.69, 9.17) is 4.74 Å². The minimum atomic E-state index is -2.69. The number of ether oxygens (including phenoxy) is 1. The van der Waals surface area contributed by atoms with Gasteiger partial charge in [-0.15, -0.1) is 0 Å². The van der Waals surface area contributed by atoms with Crippen molar-refractivity contribution in [2.75, 3.05) is 24.6 Å². The van der Waals surface area contributed by atoms with Crippen molar-refractivity contribution in [3.63, 3.8) is 0 Å². The fraction of sp³-hybridized carbons (Fsp3) is 0.524. The standard InChI is InChI=1S/C21H25F2N7O2/c1-13(2)11-32-21(31)30-16-3-4-17(30)10-27(9-16)19-18-5-14(7-28(18)26-12-24-19)15-6-25-29(8-15)20(22)23/h5-8,12-13,16-17,20H,3-4,9-11H2,1-2H3. The van der Waals surface area contributed by atoms with E-state index < -0.39 is 6.55 Å². The number of aromatic nitrogens is 5. The zero-order valence-electron chi connectivity index (χ0n) is 17.9. The summed E-state index contributed by atoms with van der Waals surface area (Å²) in [5, 5.41) is 8.00. The van der Waals surface area contributed by atoms with E-state index >= 15 is 0 Å². The van der Waals surface area contributed by atoms with E-state index in [0.29, 0.717) is 35.9 Å². The van der Waals surface area contributed by atoms with Gasteiger partial charge in [0.15, 0.2) is 5.82 Å². The van der Waals surface area contributed by atoms with Gasteiger partial charge in [-0.1, -0.05) is 13.8 Å². The number of anilines is 1. The van der Waals surface area contributed by atoms with Crippen LogP contribution in [0.15, 0.2) is 31.0 Å². The molecular formula is C21H25F2N7O2. The van der Waals surface area contributed by atoms with Crippen LogP contribution in [0.1, 0.15) is 33.2 Å². The highest BCUT2D eigenvalue weighted by Crippen LogP contribution is 2.35. The van der Waals surface area contributed by atoms with Crippen molar-refractivity contribution < 1.29 is 18.3 Å². The lowest BCUT2D eigenvalue weighted by molar-refractivity contribution is 0.0566. The molecule has 2 saturated heterocycles. The van der Waals surface area contributed by atoms with Crippen molar-refractivity contribution in [2.24, 2.45) is 5.92 Å². The van der Waals surface area contributed by atoms with Crippen LogP contribution in [0, 0.1) is 5.92 Å². The van der Waals surface area contributed by atoms with Crippen molar-refractivity contribution in [3.05, 3.63) is 31.0 Å². The van der Waals surface area contributed by atoms with Gasteiger partial charge in [-0.2, -0.15) is 19.0 Å². The van der Waals surface area contributed by atoms with Crippen molar-refractivity contribution in [2.45, 2.75) is 45.3 Å². The molecule has 2 aliphatic rings. The predicted octanol–water partition coefficient (Wildman–Crippen LogP) is 3.43. The molecule has 2 fully saturated rings. The van der Waals surface area contributed by atoms with Crippen LogP contribution in [-0.2, 0) is 4.74 Å². The average molecular weight is 445 g/mol. The smallest absolute Gasteiger partial charge is 0.410 e. The predicted molar refractivity (Wildman–Crippen MR) is 113 cm³/mol. The van der Waals surface area contributed by atoms with Gasteiger partial charge in [-0.05, 0) is 24.8 Å². The average Bonchev–Trinajstić information content (AvgIpc) is 3.47. The third-order valence-electron chi connectivity index (χ3n) is 6.05. The first-order valence-corrected chi connectivity index (χ1v) is 10.8. The highest BCUT2D eigenvalue weighted by molar-refractivity contribution is 5.78. The summed E-state index contributed by atoms with van der Waals surface area (Å²) in [6.45, 7) is 3.08. The Morgan fingerprint density at radius 3 is 2.56 bits per heavy atom. The minimum Gasteiger partial charge on any atom is -0.449 e. The summed E-state index contributed by atoms with van der Waals surface area (Å²) in [6, 6.07) is 2.03. The molecule has 3 aromatic heterocycles. The van der Waals surface area contributed by atoms with Gasteiger partial charge in [-0.25, -0.2) is 19.0 Å². The van der Waals surface area contributed by atoms with E-state index in [1.165, 1.54) is 18.7 Å². The second-order valence-corrected chi connectivity index (χ2v) is 8.80. The summed E-state index contributed by atoms with van der Waals surface area (Å²) < 4.78 is 33.6. The lowest BCUT2D eigenvalue weighted by Crippen LogP contribution is -2.56. The first-order valence-electron chi connectivity index (χ1n) is 10.8. The molecule has 9 nitrogen and oxygen atoms in total. The van der Waals surface area contributed by atoms with E-state index in [0.717, 1.165) is 29.7 Å². The Hall–Kier alpha value is -3.24. The SMILES string of the molecule is CC(C)COC(=O)N1C2CCC1CN(c1ncnn3cc(-c4cnn(C(F)F)c4)cc13)C2. The third-order valence-corrected chi connectivity index (χ3v) is 6.05. The van der Waals surface area contributed by atoms with Gasteiger partial charge in [0.2, 0.25) is 0 Å². The number of carbonyl (C=O) groups excluding carboxylic acids is 1. The molecule has 2 bridgehead atoms. The van der Waals surface area contributed by atoms with E-state index in [1.54, 1.807) is 10.7 Å². The van der Waals surface area contributed by atoms with Crippen LogP contribution in [0.4, 0.5) is 19.4 Å². The Morgan fingerprint density at radius 2 is 1.91 bits per heavy atom. The summed E-state index contributed by atoms with van der Waals surface area (Å²) >= 11 is 0. The molecular weight excluding hydrogens is 420 g/mol. The van der Waals surface area contributed by atoms with Gasteiger partial charge in [0.05, 0.1) is 24.9 Å². The van der Waals surface area contributed by atoms with Crippen molar-refractivity contribution in [1.82, 2.24) is 29.3 Å². The summed E-state index contributed by atoms with van der Waals surface area (Å²) in [6.07, 6.45) is 7.61. The Kier molecular flexibility index (Phi) is 5.18. The number of carbonyl (C=O) groups is 1. The van der Waals surface area contributed by atoms with Crippen LogP contribution >= 0.6 is 0 Å². The number of halogens is 2. The first kappa shape index (κ1) is 20.7. The molecule has 2 atom stereocenters. The summed E-state index contributed by atoms with van der Waals surface area (Å²) in [5.41, 5.74) is 2.10. The fourth-order valence-electron chi connectivity index (χ4n) is 4.60. The first-order chi connectivity index (χ1) is 15.4. The van der Waals surface area contributed by atoms with Crippen LogP contribution in [0.5, 0.6) is 0 Å². The minimum absolute atomic E-state index is 0.0714. The molecule has 11 heteroatoms. The summed E-state index contributed by atoms with van der Waals surface area (Å²) in [5.74, 6) is 1.06. The fourth-order valence-corrected chi connectivity index (χ4v) is 4.60. The van der Waals surface area contributed by atoms with Crippen LogP contribution in [-0.4, -0.2) is 67.2 Å². The van der Waals surface area contributed by atoms with Crippen molar-refractivity contribution in [3.8, 4) is 11.1 Å². The van der Waals surface area contributed by atoms with Crippen molar-refractivity contribution >= 4 is 17.4 Å². The van der Waals surface area contributed by atoms with Gasteiger partial charge in [0.25, 0.3) is 0 Å². The second kappa shape index (κ2) is 8.03. The van der Waals surface area contributed by atoms with Gasteiger partial charge in [-0.3, -0.25) is 4.90 Å². The normalized spacial score (nSPS) is 20.7. The molecule has 0 saturated carbocycles. The maximum Gasteiger partial charge on any atom is 0.410 e. The molecule has 1 amide bonds. The van der Waals surface area contributed by atoms with Gasteiger partial charge >= 0.3 is 12.6 Å². The molecule has 0 aliphatic carbocycles. The molecule has 2 aliphatic heterocycles. The summed E-state index contributed by atoms with van der Waals surface area (Å²) in [4.78, 5) is 21.2. The molecule has 0 radical (unpaired) electrons. The van der Waals surface area contributed by atoms with Crippen LogP contribution in [0.3, 0.4) is 0 Å². The number of fused-ring (bicyclic) bond motifs is 3. The third kappa shape index (κ3) is 3.65. The monoisotopic (exact) mass is 445 g/mol. The van der Waals surface area contributed by atoms with Gasteiger partial charge in [0, 0.05) is 36.6 Å². The van der Waals surface area contributed by atoms with Crippen molar-refractivity contribution in [1.29, 1.82) is 0 Å². The Morgan fingerprint density at radius 1 is 1.16 bits per heavy atom. The molecule has 5 heterocycles. The zero-order chi connectivity index (χ0) is 22.4. The topological polar surface area (TPSA) is 80.8 Å². The lowest BCUT2D eigenvalue weighted by Gasteiger charge is -2.41. The van der Waals surface area contributed by atoms with Crippen LogP contribution in [0.2, 0.25) is 0 Å². The largest absolute Gasteiger partial charge is 0.449 e. The maximum absolute atomic E-state index is 12.9. The molecule has 5 rings (SSSR count). The van der Waals surface area contributed by atoms with E-state index in [1.807, 2.05) is 24.8 Å². The number of piperazine rings is 1. The highest BCUT2D eigenvalue weighted by Gasteiger charge is 2.44. The zero-order valence-corrected chi connectivity index (χ0v) is 17.9. The second-order valence-electron chi connectivity index (χ2n) is 8.80. The number of nitrogens with zero attached hydrogens (tertiary/aromatic N) is 7. The molecule has 0 aromatic carbocycles. The molecule has 0 spiro atoms. The summed E-state index contributed by atoms with van der Waals surface area (Å²) in [7, 11) is 0. The Bertz CT molecular complexity index is 1110. The maximum atomic E-state index is 12.9. The molecule has 0 N–H and O–H groups in total. The number of hydrogen-bond donors (Lipinski definition) is 0. The highest BCUT2D eigenvalue weighted by atomic mass is 19.3. The molecule has 170 valence electrons. The van der Waals surface area contributed by atoms with E-state index in [9.17, 15) is 13.6 Å². The Balaban J connectivity index is 1.39. The molecule has 32 heavy (non-hydrogen) atoms. The lowest BCUT2D eigenvalue weighted by atomic mass is 10.2. The number of alkyl halides is 2. The van der Waals surface area contributed by atoms with E-state index in [-0.39, 0.29) is 18.2 Å². The van der Waals surface area contributed by atoms with Crippen LogP contribution < -0.4 is 4.90 Å². The van der Waals surface area contributed by atoms with Gasteiger partial charge < -0.3 is 9.64 Å². The van der Waals surface area contributed by atoms with Gasteiger partial charge in [0.1, 0.15) is 11.8 Å². The number of rotatable bonds is 5.